The highest BCUT2D eigenvalue weighted by Gasteiger charge is 2.24. The molecule has 5 nitrogen and oxygen atoms in total. The molecule has 21 heavy (non-hydrogen) atoms. The van der Waals surface area contributed by atoms with Crippen molar-refractivity contribution in [2.45, 2.75) is 19.4 Å². The molecule has 1 atom stereocenters. The fourth-order valence-electron chi connectivity index (χ4n) is 1.97. The van der Waals surface area contributed by atoms with E-state index in [1.165, 1.54) is 28.1 Å². The van der Waals surface area contributed by atoms with Crippen LogP contribution in [0.3, 0.4) is 0 Å². The lowest BCUT2D eigenvalue weighted by Crippen LogP contribution is -2.37. The number of thiophene rings is 1. The van der Waals surface area contributed by atoms with Crippen LogP contribution in [0.15, 0.2) is 35.8 Å². The Balaban J connectivity index is 2.17. The zero-order chi connectivity index (χ0) is 15.4. The van der Waals surface area contributed by atoms with Crippen LogP contribution in [0.1, 0.15) is 32.6 Å². The Morgan fingerprint density at radius 1 is 1.38 bits per heavy atom. The van der Waals surface area contributed by atoms with Crippen LogP contribution in [0.5, 0.6) is 0 Å². The molecular formula is C15H16N2O3S. The molecule has 1 N–H and O–H groups in total. The van der Waals surface area contributed by atoms with Crippen molar-refractivity contribution in [3.05, 3.63) is 52.0 Å². The summed E-state index contributed by atoms with van der Waals surface area (Å²) in [5.74, 6) is -1.53. The maximum atomic E-state index is 12.4. The smallest absolute Gasteiger partial charge is 0.338 e. The number of carbonyl (C=O) groups is 2. The van der Waals surface area contributed by atoms with E-state index in [9.17, 15) is 9.59 Å². The Bertz CT molecular complexity index is 640. The topological polar surface area (TPSA) is 70.5 Å². The first-order chi connectivity index (χ1) is 10.0. The van der Waals surface area contributed by atoms with Gasteiger partial charge in [0, 0.05) is 30.6 Å². The number of hydrogen-bond donors (Lipinski definition) is 1. The summed E-state index contributed by atoms with van der Waals surface area (Å²) in [6.07, 6.45) is 2.16. The van der Waals surface area contributed by atoms with Gasteiger partial charge in [0.25, 0.3) is 5.91 Å². The summed E-state index contributed by atoms with van der Waals surface area (Å²) >= 11 is 1.64. The van der Waals surface area contributed by atoms with Gasteiger partial charge in [0.2, 0.25) is 0 Å². The molecule has 2 rings (SSSR count). The zero-order valence-electron chi connectivity index (χ0n) is 11.8. The Morgan fingerprint density at radius 2 is 2.14 bits per heavy atom. The Kier molecular flexibility index (Phi) is 4.70. The molecule has 0 aliphatic carbocycles. The molecule has 0 saturated carbocycles. The SMILES string of the molecule is CC(Cc1cccs1)N(C)C(=O)c1ncccc1C(=O)O. The van der Waals surface area contributed by atoms with Gasteiger partial charge >= 0.3 is 5.97 Å². The second-order valence-electron chi connectivity index (χ2n) is 4.75. The number of carboxylic acid groups (broad SMARTS) is 1. The molecule has 0 bridgehead atoms. The summed E-state index contributed by atoms with van der Waals surface area (Å²) in [5.41, 5.74) is -0.0943. The van der Waals surface area contributed by atoms with Crippen LogP contribution in [-0.4, -0.2) is 40.0 Å². The molecule has 0 aromatic carbocycles. The molecule has 1 unspecified atom stereocenters. The van der Waals surface area contributed by atoms with Crippen molar-refractivity contribution in [1.82, 2.24) is 9.88 Å². The fourth-order valence-corrected chi connectivity index (χ4v) is 2.80. The van der Waals surface area contributed by atoms with E-state index in [0.29, 0.717) is 0 Å². The van der Waals surface area contributed by atoms with Gasteiger partial charge in [-0.2, -0.15) is 0 Å². The van der Waals surface area contributed by atoms with Gasteiger partial charge in [-0.15, -0.1) is 11.3 Å². The van der Waals surface area contributed by atoms with Gasteiger partial charge in [-0.3, -0.25) is 9.78 Å². The number of pyridine rings is 1. The summed E-state index contributed by atoms with van der Waals surface area (Å²) in [4.78, 5) is 30.3. The largest absolute Gasteiger partial charge is 0.478 e. The van der Waals surface area contributed by atoms with E-state index in [1.54, 1.807) is 18.4 Å². The Morgan fingerprint density at radius 3 is 2.76 bits per heavy atom. The van der Waals surface area contributed by atoms with Crippen molar-refractivity contribution >= 4 is 23.2 Å². The maximum Gasteiger partial charge on any atom is 0.338 e. The summed E-state index contributed by atoms with van der Waals surface area (Å²) in [5, 5.41) is 11.1. The van der Waals surface area contributed by atoms with Gasteiger partial charge in [0.05, 0.1) is 5.56 Å². The van der Waals surface area contributed by atoms with E-state index in [2.05, 4.69) is 4.98 Å². The predicted molar refractivity (Wildman–Crippen MR) is 80.8 cm³/mol. The monoisotopic (exact) mass is 304 g/mol. The van der Waals surface area contributed by atoms with Crippen LogP contribution in [0.25, 0.3) is 0 Å². The highest BCUT2D eigenvalue weighted by atomic mass is 32.1. The van der Waals surface area contributed by atoms with Crippen molar-refractivity contribution in [3.8, 4) is 0 Å². The van der Waals surface area contributed by atoms with Gasteiger partial charge in [-0.05, 0) is 30.5 Å². The number of aromatic carboxylic acids is 1. The van der Waals surface area contributed by atoms with E-state index in [0.717, 1.165) is 6.42 Å². The van der Waals surface area contributed by atoms with E-state index in [-0.39, 0.29) is 23.2 Å². The molecule has 2 aromatic heterocycles. The third-order valence-corrected chi connectivity index (χ3v) is 4.20. The van der Waals surface area contributed by atoms with Crippen LogP contribution < -0.4 is 0 Å². The van der Waals surface area contributed by atoms with Crippen LogP contribution in [-0.2, 0) is 6.42 Å². The number of carboxylic acids is 1. The minimum atomic E-state index is -1.15. The zero-order valence-corrected chi connectivity index (χ0v) is 12.6. The van der Waals surface area contributed by atoms with Crippen molar-refractivity contribution in [3.63, 3.8) is 0 Å². The Labute approximate surface area is 126 Å². The second-order valence-corrected chi connectivity index (χ2v) is 5.79. The van der Waals surface area contributed by atoms with E-state index in [4.69, 9.17) is 5.11 Å². The summed E-state index contributed by atoms with van der Waals surface area (Å²) in [6, 6.07) is 6.84. The molecule has 2 heterocycles. The molecule has 110 valence electrons. The average Bonchev–Trinajstić information content (AvgIpc) is 2.98. The lowest BCUT2D eigenvalue weighted by atomic mass is 10.1. The highest BCUT2D eigenvalue weighted by Crippen LogP contribution is 2.16. The van der Waals surface area contributed by atoms with Crippen LogP contribution in [0.4, 0.5) is 0 Å². The number of rotatable bonds is 5. The first-order valence-corrected chi connectivity index (χ1v) is 7.36. The lowest BCUT2D eigenvalue weighted by Gasteiger charge is -2.24. The molecule has 0 radical (unpaired) electrons. The van der Waals surface area contributed by atoms with Crippen molar-refractivity contribution in [2.24, 2.45) is 0 Å². The number of amides is 1. The third kappa shape index (κ3) is 3.46. The molecular weight excluding hydrogens is 288 g/mol. The van der Waals surface area contributed by atoms with Crippen molar-refractivity contribution in [1.29, 1.82) is 0 Å². The highest BCUT2D eigenvalue weighted by molar-refractivity contribution is 7.09. The molecule has 1 amide bonds. The molecule has 0 aliphatic heterocycles. The van der Waals surface area contributed by atoms with E-state index in [1.807, 2.05) is 24.4 Å². The quantitative estimate of drug-likeness (QED) is 0.921. The minimum Gasteiger partial charge on any atom is -0.478 e. The van der Waals surface area contributed by atoms with Gasteiger partial charge in [0.1, 0.15) is 5.69 Å². The Hall–Kier alpha value is -2.21. The summed E-state index contributed by atoms with van der Waals surface area (Å²) in [6.45, 7) is 1.93. The minimum absolute atomic E-state index is 0.0227. The maximum absolute atomic E-state index is 12.4. The second kappa shape index (κ2) is 6.49. The number of hydrogen-bond acceptors (Lipinski definition) is 4. The van der Waals surface area contributed by atoms with Crippen LogP contribution in [0, 0.1) is 0 Å². The van der Waals surface area contributed by atoms with Gasteiger partial charge in [-0.1, -0.05) is 6.07 Å². The first kappa shape index (κ1) is 15.2. The van der Waals surface area contributed by atoms with E-state index < -0.39 is 5.97 Å². The molecule has 2 aromatic rings. The summed E-state index contributed by atoms with van der Waals surface area (Å²) < 4.78 is 0. The van der Waals surface area contributed by atoms with Crippen LogP contribution >= 0.6 is 11.3 Å². The number of carbonyl (C=O) groups excluding carboxylic acids is 1. The number of aromatic nitrogens is 1. The molecule has 0 saturated heterocycles. The van der Waals surface area contributed by atoms with Crippen LogP contribution in [0.2, 0.25) is 0 Å². The normalized spacial score (nSPS) is 11.9. The van der Waals surface area contributed by atoms with Gasteiger partial charge in [0.15, 0.2) is 0 Å². The molecule has 0 aliphatic rings. The standard InChI is InChI=1S/C15H16N2O3S/c1-10(9-11-5-4-8-21-11)17(2)14(18)13-12(15(19)20)6-3-7-16-13/h3-8,10H,9H2,1-2H3,(H,19,20). The molecule has 0 spiro atoms. The van der Waals surface area contributed by atoms with Gasteiger partial charge in [-0.25, -0.2) is 4.79 Å². The van der Waals surface area contributed by atoms with Crippen molar-refractivity contribution < 1.29 is 14.7 Å². The summed E-state index contributed by atoms with van der Waals surface area (Å²) in [7, 11) is 1.67. The number of likely N-dealkylation sites (N-methyl/N-ethyl adjacent to an activating group) is 1. The van der Waals surface area contributed by atoms with E-state index >= 15 is 0 Å². The van der Waals surface area contributed by atoms with Gasteiger partial charge < -0.3 is 10.0 Å². The number of nitrogens with zero attached hydrogens (tertiary/aromatic N) is 2. The molecule has 6 heteroatoms. The van der Waals surface area contributed by atoms with Crippen molar-refractivity contribution in [2.75, 3.05) is 7.05 Å². The predicted octanol–water partition coefficient (Wildman–Crippen LogP) is 2.54. The molecule has 0 fully saturated rings. The lowest BCUT2D eigenvalue weighted by molar-refractivity contribution is 0.0668. The first-order valence-electron chi connectivity index (χ1n) is 6.48. The third-order valence-electron chi connectivity index (χ3n) is 3.30. The fraction of sp³-hybridized carbons (Fsp3) is 0.267. The average molecular weight is 304 g/mol.